The molecule has 0 atom stereocenters. The summed E-state index contributed by atoms with van der Waals surface area (Å²) in [4.78, 5) is 0.902. The topological polar surface area (TPSA) is 35.8 Å². The van der Waals surface area contributed by atoms with Gasteiger partial charge >= 0.3 is 0 Å². The number of nitriles is 1. The van der Waals surface area contributed by atoms with Crippen LogP contribution >= 0.6 is 11.8 Å². The van der Waals surface area contributed by atoms with Crippen LogP contribution in [0.2, 0.25) is 0 Å². The van der Waals surface area contributed by atoms with Crippen molar-refractivity contribution in [2.24, 2.45) is 0 Å². The van der Waals surface area contributed by atoms with Gasteiger partial charge in [0.2, 0.25) is 0 Å². The lowest BCUT2D eigenvalue weighted by Crippen LogP contribution is -1.95. The standard InChI is InChI=1S/C14H11FN2S/c1-18-14-7-3-6-13(12(14)9-16)17-11-5-2-4-10(15)8-11/h2-8,17H,1H3. The summed E-state index contributed by atoms with van der Waals surface area (Å²) >= 11 is 1.51. The van der Waals surface area contributed by atoms with Gasteiger partial charge in [-0.15, -0.1) is 11.8 Å². The van der Waals surface area contributed by atoms with E-state index >= 15 is 0 Å². The predicted molar refractivity (Wildman–Crippen MR) is 72.6 cm³/mol. The maximum absolute atomic E-state index is 13.1. The Balaban J connectivity index is 2.38. The van der Waals surface area contributed by atoms with Gasteiger partial charge in [-0.25, -0.2) is 4.39 Å². The van der Waals surface area contributed by atoms with E-state index in [1.807, 2.05) is 24.5 Å². The molecular formula is C14H11FN2S. The van der Waals surface area contributed by atoms with E-state index < -0.39 is 0 Å². The summed E-state index contributed by atoms with van der Waals surface area (Å²) in [6.07, 6.45) is 1.92. The van der Waals surface area contributed by atoms with Crippen molar-refractivity contribution in [3.63, 3.8) is 0 Å². The molecule has 0 saturated carbocycles. The van der Waals surface area contributed by atoms with Gasteiger partial charge in [-0.2, -0.15) is 5.26 Å². The summed E-state index contributed by atoms with van der Waals surface area (Å²) in [5.41, 5.74) is 1.90. The second-order valence-corrected chi connectivity index (χ2v) is 4.48. The predicted octanol–water partition coefficient (Wildman–Crippen LogP) is 4.16. The van der Waals surface area contributed by atoms with Gasteiger partial charge in [0.05, 0.1) is 11.3 Å². The van der Waals surface area contributed by atoms with E-state index in [-0.39, 0.29) is 5.82 Å². The van der Waals surface area contributed by atoms with E-state index in [9.17, 15) is 9.65 Å². The average Bonchev–Trinajstić information content (AvgIpc) is 2.38. The molecule has 0 heterocycles. The van der Waals surface area contributed by atoms with Crippen LogP contribution in [0.4, 0.5) is 15.8 Å². The molecule has 90 valence electrons. The highest BCUT2D eigenvalue weighted by Crippen LogP contribution is 2.28. The first kappa shape index (κ1) is 12.5. The van der Waals surface area contributed by atoms with Crippen LogP contribution in [0.1, 0.15) is 5.56 Å². The van der Waals surface area contributed by atoms with Crippen molar-refractivity contribution in [1.29, 1.82) is 5.26 Å². The second kappa shape index (κ2) is 5.56. The zero-order chi connectivity index (χ0) is 13.0. The minimum Gasteiger partial charge on any atom is -0.354 e. The van der Waals surface area contributed by atoms with E-state index in [0.717, 1.165) is 4.90 Å². The molecule has 0 aromatic heterocycles. The summed E-state index contributed by atoms with van der Waals surface area (Å²) < 4.78 is 13.1. The van der Waals surface area contributed by atoms with E-state index in [1.165, 1.54) is 23.9 Å². The van der Waals surface area contributed by atoms with E-state index in [1.54, 1.807) is 12.1 Å². The van der Waals surface area contributed by atoms with Crippen LogP contribution < -0.4 is 5.32 Å². The van der Waals surface area contributed by atoms with Crippen LogP contribution in [0.5, 0.6) is 0 Å². The summed E-state index contributed by atoms with van der Waals surface area (Å²) in [6.45, 7) is 0. The zero-order valence-electron chi connectivity index (χ0n) is 9.77. The Morgan fingerprint density at radius 1 is 1.22 bits per heavy atom. The Labute approximate surface area is 109 Å². The average molecular weight is 258 g/mol. The van der Waals surface area contributed by atoms with Crippen LogP contribution in [-0.2, 0) is 0 Å². The number of nitrogens with zero attached hydrogens (tertiary/aromatic N) is 1. The van der Waals surface area contributed by atoms with Crippen molar-refractivity contribution >= 4 is 23.1 Å². The summed E-state index contributed by atoms with van der Waals surface area (Å²) in [6, 6.07) is 13.9. The fraction of sp³-hybridized carbons (Fsp3) is 0.0714. The third kappa shape index (κ3) is 2.63. The van der Waals surface area contributed by atoms with Gasteiger partial charge in [-0.1, -0.05) is 12.1 Å². The molecule has 0 aliphatic rings. The largest absolute Gasteiger partial charge is 0.354 e. The van der Waals surface area contributed by atoms with Crippen molar-refractivity contribution in [2.75, 3.05) is 11.6 Å². The van der Waals surface area contributed by atoms with E-state index in [0.29, 0.717) is 16.9 Å². The van der Waals surface area contributed by atoms with Gasteiger partial charge in [0.25, 0.3) is 0 Å². The molecule has 0 unspecified atom stereocenters. The van der Waals surface area contributed by atoms with Gasteiger partial charge in [0, 0.05) is 10.6 Å². The van der Waals surface area contributed by atoms with Crippen LogP contribution in [0.25, 0.3) is 0 Å². The van der Waals surface area contributed by atoms with Crippen molar-refractivity contribution in [3.05, 3.63) is 53.8 Å². The van der Waals surface area contributed by atoms with Gasteiger partial charge in [0.15, 0.2) is 0 Å². The lowest BCUT2D eigenvalue weighted by molar-refractivity contribution is 0.628. The van der Waals surface area contributed by atoms with Gasteiger partial charge < -0.3 is 5.32 Å². The number of nitrogens with one attached hydrogen (secondary N) is 1. The molecule has 0 amide bonds. The van der Waals surface area contributed by atoms with Gasteiger partial charge in [-0.3, -0.25) is 0 Å². The molecule has 1 N–H and O–H groups in total. The summed E-state index contributed by atoms with van der Waals surface area (Å²) in [5, 5.41) is 12.2. The third-order valence-corrected chi connectivity index (χ3v) is 3.24. The first-order valence-electron chi connectivity index (χ1n) is 5.34. The monoisotopic (exact) mass is 258 g/mol. The molecule has 2 nitrogen and oxygen atoms in total. The molecule has 2 aromatic carbocycles. The third-order valence-electron chi connectivity index (χ3n) is 2.46. The van der Waals surface area contributed by atoms with Crippen molar-refractivity contribution in [2.45, 2.75) is 4.90 Å². The van der Waals surface area contributed by atoms with Gasteiger partial charge in [-0.05, 0) is 36.6 Å². The normalized spacial score (nSPS) is 9.83. The molecule has 0 saturated heterocycles. The fourth-order valence-electron chi connectivity index (χ4n) is 1.64. The maximum Gasteiger partial charge on any atom is 0.125 e. The number of hydrogen-bond donors (Lipinski definition) is 1. The number of rotatable bonds is 3. The zero-order valence-corrected chi connectivity index (χ0v) is 10.6. The molecule has 0 bridgehead atoms. The summed E-state index contributed by atoms with van der Waals surface area (Å²) in [7, 11) is 0. The first-order valence-corrected chi connectivity index (χ1v) is 6.57. The Morgan fingerprint density at radius 3 is 2.67 bits per heavy atom. The highest BCUT2D eigenvalue weighted by Gasteiger charge is 2.07. The minimum absolute atomic E-state index is 0.306. The van der Waals surface area contributed by atoms with Crippen LogP contribution in [0.3, 0.4) is 0 Å². The summed E-state index contributed by atoms with van der Waals surface area (Å²) in [5.74, 6) is -0.306. The van der Waals surface area contributed by atoms with E-state index in [2.05, 4.69) is 11.4 Å². The molecule has 0 aliphatic heterocycles. The molecule has 0 fully saturated rings. The molecule has 0 aliphatic carbocycles. The molecule has 2 aromatic rings. The van der Waals surface area contributed by atoms with Crippen LogP contribution in [-0.4, -0.2) is 6.26 Å². The minimum atomic E-state index is -0.306. The molecule has 18 heavy (non-hydrogen) atoms. The number of hydrogen-bond acceptors (Lipinski definition) is 3. The quantitative estimate of drug-likeness (QED) is 0.839. The molecule has 2 rings (SSSR count). The fourth-order valence-corrected chi connectivity index (χ4v) is 2.22. The molecule has 0 radical (unpaired) electrons. The van der Waals surface area contributed by atoms with Gasteiger partial charge in [0.1, 0.15) is 11.9 Å². The molecule has 4 heteroatoms. The maximum atomic E-state index is 13.1. The number of thioether (sulfide) groups is 1. The SMILES string of the molecule is CSc1cccc(Nc2cccc(F)c2)c1C#N. The van der Waals surface area contributed by atoms with Crippen LogP contribution in [0.15, 0.2) is 47.4 Å². The molecule has 0 spiro atoms. The Bertz CT molecular complexity index is 605. The van der Waals surface area contributed by atoms with E-state index in [4.69, 9.17) is 0 Å². The Hall–Kier alpha value is -1.99. The lowest BCUT2D eigenvalue weighted by atomic mass is 10.2. The number of anilines is 2. The number of halogens is 1. The van der Waals surface area contributed by atoms with Crippen molar-refractivity contribution in [3.8, 4) is 6.07 Å². The lowest BCUT2D eigenvalue weighted by Gasteiger charge is -2.10. The highest BCUT2D eigenvalue weighted by molar-refractivity contribution is 7.98. The Morgan fingerprint density at radius 2 is 2.00 bits per heavy atom. The second-order valence-electron chi connectivity index (χ2n) is 3.63. The molecular weight excluding hydrogens is 247 g/mol. The smallest absolute Gasteiger partial charge is 0.125 e. The highest BCUT2D eigenvalue weighted by atomic mass is 32.2. The number of benzene rings is 2. The first-order chi connectivity index (χ1) is 8.74. The Kier molecular flexibility index (Phi) is 3.85. The van der Waals surface area contributed by atoms with Crippen LogP contribution in [0, 0.1) is 17.1 Å². The van der Waals surface area contributed by atoms with Crippen molar-refractivity contribution < 1.29 is 4.39 Å². The van der Waals surface area contributed by atoms with Crippen molar-refractivity contribution in [1.82, 2.24) is 0 Å².